The number of nitrogens with zero attached hydrogens (tertiary/aromatic N) is 7. The molecule has 1 amide bonds. The second-order valence-corrected chi connectivity index (χ2v) is 10.0. The Morgan fingerprint density at radius 1 is 1.03 bits per heavy atom. The quantitative estimate of drug-likeness (QED) is 0.292. The molecule has 0 bridgehead atoms. The summed E-state index contributed by atoms with van der Waals surface area (Å²) >= 11 is 0. The molecule has 39 heavy (non-hydrogen) atoms. The van der Waals surface area contributed by atoms with Crippen molar-refractivity contribution in [2.75, 3.05) is 5.32 Å². The number of aromatic nitrogens is 9. The van der Waals surface area contributed by atoms with Crippen molar-refractivity contribution in [1.82, 2.24) is 44.7 Å². The van der Waals surface area contributed by atoms with Crippen LogP contribution in [0.3, 0.4) is 0 Å². The molecule has 7 rings (SSSR count). The van der Waals surface area contributed by atoms with Crippen LogP contribution in [-0.4, -0.2) is 50.6 Å². The zero-order chi connectivity index (χ0) is 26.3. The van der Waals surface area contributed by atoms with Gasteiger partial charge in [0.25, 0.3) is 0 Å². The van der Waals surface area contributed by atoms with Crippen LogP contribution in [0.15, 0.2) is 55.5 Å². The summed E-state index contributed by atoms with van der Waals surface area (Å²) in [6, 6.07) is 5.84. The minimum atomic E-state index is 0.0723. The van der Waals surface area contributed by atoms with Gasteiger partial charge in [0.05, 0.1) is 35.0 Å². The zero-order valence-corrected chi connectivity index (χ0v) is 21.3. The molecule has 1 aliphatic carbocycles. The van der Waals surface area contributed by atoms with Crippen LogP contribution in [0.4, 0.5) is 5.69 Å². The fourth-order valence-electron chi connectivity index (χ4n) is 5.29. The molecule has 1 fully saturated rings. The van der Waals surface area contributed by atoms with Crippen molar-refractivity contribution in [3.8, 4) is 28.3 Å². The summed E-state index contributed by atoms with van der Waals surface area (Å²) in [5, 5.41) is 11.4. The van der Waals surface area contributed by atoms with E-state index in [1.54, 1.807) is 31.1 Å². The second-order valence-electron chi connectivity index (χ2n) is 10.0. The summed E-state index contributed by atoms with van der Waals surface area (Å²) in [5.41, 5.74) is 6.83. The van der Waals surface area contributed by atoms with Crippen molar-refractivity contribution in [2.24, 2.45) is 5.92 Å². The number of pyridine rings is 3. The fraction of sp³-hybridized carbons (Fsp3) is 0.250. The Kier molecular flexibility index (Phi) is 5.61. The molecule has 0 atom stereocenters. The normalized spacial score (nSPS) is 14.3. The van der Waals surface area contributed by atoms with Gasteiger partial charge in [0.15, 0.2) is 17.1 Å². The molecule has 0 radical (unpaired) electrons. The Bertz CT molecular complexity index is 1820. The summed E-state index contributed by atoms with van der Waals surface area (Å²) < 4.78 is 1.93. The Morgan fingerprint density at radius 2 is 1.90 bits per heavy atom. The molecule has 1 aliphatic rings. The van der Waals surface area contributed by atoms with E-state index in [0.29, 0.717) is 28.5 Å². The number of aryl methyl sites for hydroxylation is 1. The first-order chi connectivity index (χ1) is 19.1. The average Bonchev–Trinajstić information content (AvgIpc) is 3.71. The molecule has 0 aromatic carbocycles. The first-order valence-corrected chi connectivity index (χ1v) is 13.1. The molecule has 194 valence electrons. The third kappa shape index (κ3) is 4.31. The van der Waals surface area contributed by atoms with E-state index in [9.17, 15) is 4.79 Å². The SMILES string of the molecule is Cc1cn(-c2ccnc3[nH]c(-c4n[nH]c5ncc(-c6cncc(NC(=O)C7CCCCC7)c6)cc45)nc23)cn1. The maximum Gasteiger partial charge on any atom is 0.227 e. The summed E-state index contributed by atoms with van der Waals surface area (Å²) in [5.74, 6) is 0.729. The largest absolute Gasteiger partial charge is 0.324 e. The van der Waals surface area contributed by atoms with Crippen molar-refractivity contribution in [3.05, 3.63) is 61.2 Å². The molecule has 11 nitrogen and oxygen atoms in total. The number of fused-ring (bicyclic) bond motifs is 2. The first kappa shape index (κ1) is 23.2. The number of carbonyl (C=O) groups excluding carboxylic acids is 1. The predicted octanol–water partition coefficient (Wildman–Crippen LogP) is 4.97. The summed E-state index contributed by atoms with van der Waals surface area (Å²) in [4.78, 5) is 38.7. The van der Waals surface area contributed by atoms with Gasteiger partial charge >= 0.3 is 0 Å². The Balaban J connectivity index is 1.22. The van der Waals surface area contributed by atoms with Gasteiger partial charge in [-0.1, -0.05) is 19.3 Å². The molecular formula is C28H26N10O. The molecule has 1 saturated carbocycles. The van der Waals surface area contributed by atoms with Gasteiger partial charge in [-0.05, 0) is 38.0 Å². The molecule has 6 aromatic rings. The number of hydrogen-bond acceptors (Lipinski definition) is 7. The summed E-state index contributed by atoms with van der Waals surface area (Å²) in [7, 11) is 0. The predicted molar refractivity (Wildman–Crippen MR) is 147 cm³/mol. The third-order valence-electron chi connectivity index (χ3n) is 7.31. The first-order valence-electron chi connectivity index (χ1n) is 13.1. The van der Waals surface area contributed by atoms with Crippen LogP contribution >= 0.6 is 0 Å². The van der Waals surface area contributed by atoms with Crippen LogP contribution in [0.5, 0.6) is 0 Å². The fourth-order valence-corrected chi connectivity index (χ4v) is 5.29. The Morgan fingerprint density at radius 3 is 2.74 bits per heavy atom. The Hall–Kier alpha value is -4.93. The Labute approximate surface area is 223 Å². The monoisotopic (exact) mass is 518 g/mol. The van der Waals surface area contributed by atoms with Gasteiger partial charge in [-0.2, -0.15) is 5.10 Å². The lowest BCUT2D eigenvalue weighted by Crippen LogP contribution is -2.24. The number of nitrogens with one attached hydrogen (secondary N) is 3. The number of imidazole rings is 2. The van der Waals surface area contributed by atoms with Gasteiger partial charge in [0, 0.05) is 41.8 Å². The van der Waals surface area contributed by atoms with Crippen molar-refractivity contribution in [3.63, 3.8) is 0 Å². The minimum absolute atomic E-state index is 0.0723. The average molecular weight is 519 g/mol. The maximum absolute atomic E-state index is 12.8. The molecule has 11 heteroatoms. The lowest BCUT2D eigenvalue weighted by Gasteiger charge is -2.20. The van der Waals surface area contributed by atoms with Crippen LogP contribution in [0.2, 0.25) is 0 Å². The third-order valence-corrected chi connectivity index (χ3v) is 7.31. The number of anilines is 1. The van der Waals surface area contributed by atoms with Crippen molar-refractivity contribution in [1.29, 1.82) is 0 Å². The minimum Gasteiger partial charge on any atom is -0.324 e. The van der Waals surface area contributed by atoms with E-state index >= 15 is 0 Å². The van der Waals surface area contributed by atoms with E-state index in [0.717, 1.165) is 59.1 Å². The number of amides is 1. The van der Waals surface area contributed by atoms with Crippen LogP contribution in [0, 0.1) is 12.8 Å². The lowest BCUT2D eigenvalue weighted by atomic mass is 9.88. The molecule has 6 aromatic heterocycles. The van der Waals surface area contributed by atoms with E-state index < -0.39 is 0 Å². The summed E-state index contributed by atoms with van der Waals surface area (Å²) in [6.07, 6.45) is 16.0. The van der Waals surface area contributed by atoms with Crippen LogP contribution in [-0.2, 0) is 4.79 Å². The number of H-pyrrole nitrogens is 2. The van der Waals surface area contributed by atoms with Crippen LogP contribution in [0.1, 0.15) is 37.8 Å². The second kappa shape index (κ2) is 9.43. The highest BCUT2D eigenvalue weighted by Gasteiger charge is 2.21. The van der Waals surface area contributed by atoms with Crippen molar-refractivity contribution >= 4 is 33.8 Å². The standard InChI is InChI=1S/C28H26N10O/c1-16-14-38(15-32-16)22-7-8-30-26-24(22)34-27(35-26)23-21-10-19(12-31-25(21)37-36-23)18-9-20(13-29-11-18)33-28(39)17-5-3-2-4-6-17/h7-15,17H,2-6H2,1H3,(H,33,39)(H,30,34,35)(H,31,36,37). The van der Waals surface area contributed by atoms with E-state index in [-0.39, 0.29) is 11.8 Å². The zero-order valence-electron chi connectivity index (χ0n) is 21.3. The van der Waals surface area contributed by atoms with Gasteiger partial charge in [0.1, 0.15) is 11.2 Å². The molecule has 0 aliphatic heterocycles. The van der Waals surface area contributed by atoms with E-state index in [2.05, 4.69) is 40.4 Å². The van der Waals surface area contributed by atoms with Gasteiger partial charge in [-0.15, -0.1) is 0 Å². The van der Waals surface area contributed by atoms with Gasteiger partial charge in [-0.25, -0.2) is 19.9 Å². The highest BCUT2D eigenvalue weighted by Crippen LogP contribution is 2.31. The number of carbonyl (C=O) groups is 1. The van der Waals surface area contributed by atoms with Gasteiger partial charge < -0.3 is 14.9 Å². The molecule has 0 saturated heterocycles. The van der Waals surface area contributed by atoms with E-state index in [4.69, 9.17) is 4.98 Å². The topological polar surface area (TPSA) is 143 Å². The smallest absolute Gasteiger partial charge is 0.227 e. The maximum atomic E-state index is 12.8. The van der Waals surface area contributed by atoms with Crippen LogP contribution < -0.4 is 5.32 Å². The number of hydrogen-bond donors (Lipinski definition) is 3. The van der Waals surface area contributed by atoms with Crippen molar-refractivity contribution < 1.29 is 4.79 Å². The highest BCUT2D eigenvalue weighted by atomic mass is 16.1. The molecule has 0 unspecified atom stereocenters. The lowest BCUT2D eigenvalue weighted by molar-refractivity contribution is -0.120. The van der Waals surface area contributed by atoms with E-state index in [1.165, 1.54) is 6.42 Å². The molecule has 0 spiro atoms. The number of rotatable bonds is 5. The van der Waals surface area contributed by atoms with Crippen LogP contribution in [0.25, 0.3) is 50.5 Å². The molecule has 3 N–H and O–H groups in total. The highest BCUT2D eigenvalue weighted by molar-refractivity contribution is 5.95. The van der Waals surface area contributed by atoms with E-state index in [1.807, 2.05) is 35.9 Å². The van der Waals surface area contributed by atoms with Gasteiger partial charge in [0.2, 0.25) is 5.91 Å². The number of aromatic amines is 2. The summed E-state index contributed by atoms with van der Waals surface area (Å²) in [6.45, 7) is 1.95. The molecular weight excluding hydrogens is 492 g/mol. The molecule has 6 heterocycles. The van der Waals surface area contributed by atoms with Crippen molar-refractivity contribution in [2.45, 2.75) is 39.0 Å². The van der Waals surface area contributed by atoms with Gasteiger partial charge in [-0.3, -0.25) is 14.9 Å².